The van der Waals surface area contributed by atoms with Gasteiger partial charge in [-0.05, 0) is 72.8 Å². The van der Waals surface area contributed by atoms with Crippen LogP contribution in [0.2, 0.25) is 0 Å². The predicted molar refractivity (Wildman–Crippen MR) is 120 cm³/mol. The third-order valence-electron chi connectivity index (χ3n) is 6.02. The summed E-state index contributed by atoms with van der Waals surface area (Å²) in [5, 5.41) is 3.12. The average Bonchev–Trinajstić information content (AvgIpc) is 3.34. The number of hydrogen-bond donors (Lipinski definition) is 1. The fraction of sp³-hybridized carbons (Fsp3) is 0.783. The average molecular weight is 434 g/mol. The number of nitrogens with one attached hydrogen (secondary N) is 1. The second-order valence-corrected chi connectivity index (χ2v) is 10.2. The first kappa shape index (κ1) is 23.6. The number of rotatable bonds is 6. The fourth-order valence-electron chi connectivity index (χ4n) is 4.54. The van der Waals surface area contributed by atoms with Crippen molar-refractivity contribution in [1.82, 2.24) is 24.7 Å². The van der Waals surface area contributed by atoms with E-state index in [0.29, 0.717) is 31.5 Å². The normalized spacial score (nSPS) is 22.7. The van der Waals surface area contributed by atoms with Crippen molar-refractivity contribution in [2.75, 3.05) is 26.2 Å². The molecule has 2 atom stereocenters. The molecule has 8 nitrogen and oxygen atoms in total. The van der Waals surface area contributed by atoms with E-state index in [9.17, 15) is 9.59 Å². The van der Waals surface area contributed by atoms with Crippen LogP contribution < -0.4 is 5.32 Å². The lowest BCUT2D eigenvalue weighted by molar-refractivity contribution is -0.125. The molecule has 0 unspecified atom stereocenters. The van der Waals surface area contributed by atoms with E-state index in [-0.39, 0.29) is 5.91 Å². The van der Waals surface area contributed by atoms with Crippen molar-refractivity contribution in [3.63, 3.8) is 0 Å². The summed E-state index contributed by atoms with van der Waals surface area (Å²) in [6.45, 7) is 13.9. The molecular formula is C23H39N5O3. The Bertz CT molecular complexity index is 755. The summed E-state index contributed by atoms with van der Waals surface area (Å²) >= 11 is 0. The van der Waals surface area contributed by atoms with Gasteiger partial charge >= 0.3 is 6.09 Å². The maximum Gasteiger partial charge on any atom is 0.410 e. The molecule has 3 heterocycles. The van der Waals surface area contributed by atoms with Crippen LogP contribution in [0, 0.1) is 5.92 Å². The summed E-state index contributed by atoms with van der Waals surface area (Å²) in [5.41, 5.74) is -0.559. The first-order valence-electron chi connectivity index (χ1n) is 11.7. The lowest BCUT2D eigenvalue weighted by atomic mass is 9.97. The number of hydrogen-bond acceptors (Lipinski definition) is 5. The van der Waals surface area contributed by atoms with Crippen molar-refractivity contribution in [3.8, 4) is 0 Å². The molecule has 3 rings (SSSR count). The highest BCUT2D eigenvalue weighted by Crippen LogP contribution is 2.22. The van der Waals surface area contributed by atoms with Gasteiger partial charge in [0.1, 0.15) is 17.5 Å². The van der Waals surface area contributed by atoms with Crippen LogP contribution in [0.4, 0.5) is 4.79 Å². The van der Waals surface area contributed by atoms with Gasteiger partial charge in [-0.1, -0.05) is 0 Å². The molecule has 0 aliphatic carbocycles. The van der Waals surface area contributed by atoms with Crippen LogP contribution in [0.25, 0.3) is 0 Å². The van der Waals surface area contributed by atoms with Gasteiger partial charge in [0.05, 0.1) is 6.54 Å². The summed E-state index contributed by atoms with van der Waals surface area (Å²) in [4.78, 5) is 33.9. The monoisotopic (exact) mass is 433 g/mol. The molecule has 1 N–H and O–H groups in total. The topological polar surface area (TPSA) is 79.7 Å². The van der Waals surface area contributed by atoms with Gasteiger partial charge in [0.2, 0.25) is 5.91 Å². The quantitative estimate of drug-likeness (QED) is 0.745. The molecule has 8 heteroatoms. The van der Waals surface area contributed by atoms with Gasteiger partial charge in [0.25, 0.3) is 0 Å². The van der Waals surface area contributed by atoms with Crippen LogP contribution in [-0.4, -0.2) is 69.2 Å². The summed E-state index contributed by atoms with van der Waals surface area (Å²) in [7, 11) is 0. The number of imidazole rings is 1. The summed E-state index contributed by atoms with van der Waals surface area (Å²) < 4.78 is 7.70. The standard InChI is InChI=1S/C23H39N5O3/c1-17(2)27-13-10-24-20(27)16-26-11-6-8-18(15-26)14-25-21(29)19-9-7-12-28(19)22(30)31-23(3,4)5/h10,13,17-19H,6-9,11-12,14-16H2,1-5H3,(H,25,29)/t18-,19-/m1/s1. The number of carbonyl (C=O) groups excluding carboxylic acids is 2. The Hall–Kier alpha value is -2.09. The van der Waals surface area contributed by atoms with Gasteiger partial charge in [-0.15, -0.1) is 0 Å². The lowest BCUT2D eigenvalue weighted by Gasteiger charge is -2.33. The van der Waals surface area contributed by atoms with Gasteiger partial charge in [0, 0.05) is 38.1 Å². The van der Waals surface area contributed by atoms with Gasteiger partial charge < -0.3 is 14.6 Å². The molecule has 1 aromatic heterocycles. The number of amides is 2. The summed E-state index contributed by atoms with van der Waals surface area (Å²) in [6.07, 6.45) is 7.27. The maximum atomic E-state index is 12.8. The fourth-order valence-corrected chi connectivity index (χ4v) is 4.54. The van der Waals surface area contributed by atoms with Crippen molar-refractivity contribution in [2.45, 2.75) is 84.5 Å². The highest BCUT2D eigenvalue weighted by Gasteiger charge is 2.36. The molecule has 2 saturated heterocycles. The number of likely N-dealkylation sites (tertiary alicyclic amines) is 2. The third-order valence-corrected chi connectivity index (χ3v) is 6.02. The first-order valence-corrected chi connectivity index (χ1v) is 11.7. The van der Waals surface area contributed by atoms with Crippen LogP contribution in [0.3, 0.4) is 0 Å². The molecule has 0 spiro atoms. The SMILES string of the molecule is CC(C)n1ccnc1CN1CCC[C@H](CNC(=O)[C@H]2CCCN2C(=O)OC(C)(C)C)C1. The molecule has 0 saturated carbocycles. The predicted octanol–water partition coefficient (Wildman–Crippen LogP) is 3.19. The highest BCUT2D eigenvalue weighted by atomic mass is 16.6. The molecule has 31 heavy (non-hydrogen) atoms. The number of aromatic nitrogens is 2. The van der Waals surface area contributed by atoms with Crippen molar-refractivity contribution < 1.29 is 14.3 Å². The Labute approximate surface area is 186 Å². The van der Waals surface area contributed by atoms with Crippen molar-refractivity contribution in [1.29, 1.82) is 0 Å². The smallest absolute Gasteiger partial charge is 0.410 e. The summed E-state index contributed by atoms with van der Waals surface area (Å²) in [6, 6.07) is -0.0234. The maximum absolute atomic E-state index is 12.8. The molecule has 174 valence electrons. The zero-order valence-electron chi connectivity index (χ0n) is 19.8. The van der Waals surface area contributed by atoms with E-state index in [0.717, 1.165) is 44.7 Å². The molecule has 2 amide bonds. The second-order valence-electron chi connectivity index (χ2n) is 10.2. The van der Waals surface area contributed by atoms with Crippen molar-refractivity contribution in [2.24, 2.45) is 5.92 Å². The Morgan fingerprint density at radius 3 is 2.68 bits per heavy atom. The second kappa shape index (κ2) is 10.0. The molecule has 0 aromatic carbocycles. The minimum absolute atomic E-state index is 0.0594. The highest BCUT2D eigenvalue weighted by molar-refractivity contribution is 5.86. The Morgan fingerprint density at radius 2 is 1.97 bits per heavy atom. The third kappa shape index (κ3) is 6.45. The lowest BCUT2D eigenvalue weighted by Crippen LogP contribution is -2.49. The zero-order chi connectivity index (χ0) is 22.6. The molecule has 2 aliphatic rings. The van der Waals surface area contributed by atoms with Crippen molar-refractivity contribution in [3.05, 3.63) is 18.2 Å². The number of nitrogens with zero attached hydrogens (tertiary/aromatic N) is 4. The van der Waals surface area contributed by atoms with Crippen molar-refractivity contribution >= 4 is 12.0 Å². The minimum atomic E-state index is -0.559. The number of carbonyl (C=O) groups is 2. The molecule has 2 fully saturated rings. The van der Waals surface area contributed by atoms with Gasteiger partial charge in [0.15, 0.2) is 0 Å². The molecule has 2 aliphatic heterocycles. The number of piperidine rings is 1. The van der Waals surface area contributed by atoms with E-state index in [4.69, 9.17) is 4.74 Å². The molecule has 0 bridgehead atoms. The molecular weight excluding hydrogens is 394 g/mol. The van der Waals surface area contributed by atoms with E-state index in [1.807, 2.05) is 33.2 Å². The summed E-state index contributed by atoms with van der Waals surface area (Å²) in [5.74, 6) is 1.45. The van der Waals surface area contributed by atoms with Crippen LogP contribution in [0.15, 0.2) is 12.4 Å². The van der Waals surface area contributed by atoms with Crippen LogP contribution in [0.5, 0.6) is 0 Å². The first-order chi connectivity index (χ1) is 14.6. The van der Waals surface area contributed by atoms with Gasteiger partial charge in [-0.25, -0.2) is 9.78 Å². The van der Waals surface area contributed by atoms with E-state index >= 15 is 0 Å². The van der Waals surface area contributed by atoms with Crippen LogP contribution in [-0.2, 0) is 16.1 Å². The Morgan fingerprint density at radius 1 is 1.23 bits per heavy atom. The number of ether oxygens (including phenoxy) is 1. The van der Waals surface area contributed by atoms with Gasteiger partial charge in [-0.3, -0.25) is 14.6 Å². The van der Waals surface area contributed by atoms with Crippen LogP contribution in [0.1, 0.15) is 72.2 Å². The zero-order valence-corrected chi connectivity index (χ0v) is 19.8. The van der Waals surface area contributed by atoms with E-state index in [1.54, 1.807) is 4.90 Å². The Balaban J connectivity index is 1.49. The molecule has 0 radical (unpaired) electrons. The minimum Gasteiger partial charge on any atom is -0.444 e. The molecule has 1 aromatic rings. The van der Waals surface area contributed by atoms with E-state index in [1.165, 1.54) is 0 Å². The van der Waals surface area contributed by atoms with E-state index < -0.39 is 17.7 Å². The van der Waals surface area contributed by atoms with Crippen LogP contribution >= 0.6 is 0 Å². The van der Waals surface area contributed by atoms with Gasteiger partial charge in [-0.2, -0.15) is 0 Å². The largest absolute Gasteiger partial charge is 0.444 e. The van der Waals surface area contributed by atoms with E-state index in [2.05, 4.69) is 33.6 Å². The Kier molecular flexibility index (Phi) is 7.62.